The molecule has 0 aliphatic heterocycles. The second-order valence-electron chi connectivity index (χ2n) is 7.21. The van der Waals surface area contributed by atoms with Gasteiger partial charge in [0.05, 0.1) is 22.5 Å². The molecule has 172 valence electrons. The largest absolute Gasteiger partial charge is 0.417 e. The monoisotopic (exact) mass is 472 g/mol. The molecule has 2 aromatic carbocycles. The summed E-state index contributed by atoms with van der Waals surface area (Å²) in [5, 5.41) is 0. The van der Waals surface area contributed by atoms with Crippen molar-refractivity contribution in [1.82, 2.24) is 9.97 Å². The van der Waals surface area contributed by atoms with Crippen LogP contribution in [0.15, 0.2) is 85.2 Å². The number of benzene rings is 2. The first-order valence-electron chi connectivity index (χ1n) is 9.87. The van der Waals surface area contributed by atoms with Crippen molar-refractivity contribution in [3.63, 3.8) is 0 Å². The Morgan fingerprint density at radius 1 is 0.559 bits per heavy atom. The molecule has 0 amide bonds. The Balaban J connectivity index is 1.91. The lowest BCUT2D eigenvalue weighted by Crippen LogP contribution is -2.12. The molecule has 3 nitrogen and oxygen atoms in total. The molecule has 0 aliphatic carbocycles. The summed E-state index contributed by atoms with van der Waals surface area (Å²) >= 11 is 0. The van der Waals surface area contributed by atoms with Crippen molar-refractivity contribution in [1.29, 1.82) is 0 Å². The lowest BCUT2D eigenvalue weighted by molar-refractivity contribution is -0.137. The van der Waals surface area contributed by atoms with Crippen LogP contribution >= 0.6 is 0 Å². The fourth-order valence-corrected chi connectivity index (χ4v) is 3.63. The van der Waals surface area contributed by atoms with Crippen LogP contribution in [0.2, 0.25) is 0 Å². The van der Waals surface area contributed by atoms with E-state index in [9.17, 15) is 31.1 Å². The molecule has 4 rings (SSSR count). The molecule has 0 spiro atoms. The van der Waals surface area contributed by atoms with Gasteiger partial charge in [0.2, 0.25) is 0 Å². The average molecular weight is 472 g/mol. The van der Waals surface area contributed by atoms with Gasteiger partial charge in [-0.2, -0.15) is 26.3 Å². The number of hydrogen-bond acceptors (Lipinski definition) is 3. The third-order valence-electron chi connectivity index (χ3n) is 5.08. The van der Waals surface area contributed by atoms with Crippen LogP contribution in [-0.4, -0.2) is 15.8 Å². The average Bonchev–Trinajstić information content (AvgIpc) is 2.82. The number of hydrogen-bond donors (Lipinski definition) is 0. The van der Waals surface area contributed by atoms with Crippen molar-refractivity contribution in [3.8, 4) is 22.5 Å². The number of rotatable bonds is 4. The topological polar surface area (TPSA) is 42.9 Å². The lowest BCUT2D eigenvalue weighted by Gasteiger charge is -2.16. The van der Waals surface area contributed by atoms with E-state index in [1.165, 1.54) is 73.1 Å². The molecule has 4 aromatic rings. The van der Waals surface area contributed by atoms with E-state index in [-0.39, 0.29) is 33.6 Å². The number of aromatic nitrogens is 2. The van der Waals surface area contributed by atoms with Crippen molar-refractivity contribution >= 4 is 5.78 Å². The van der Waals surface area contributed by atoms with E-state index in [1.807, 2.05) is 0 Å². The highest BCUT2D eigenvalue weighted by Crippen LogP contribution is 2.40. The maximum absolute atomic E-state index is 13.6. The number of pyridine rings is 2. The van der Waals surface area contributed by atoms with Crippen molar-refractivity contribution < 1.29 is 31.1 Å². The molecule has 34 heavy (non-hydrogen) atoms. The highest BCUT2D eigenvalue weighted by molar-refractivity contribution is 6.15. The minimum atomic E-state index is -4.71. The van der Waals surface area contributed by atoms with Gasteiger partial charge in [-0.3, -0.25) is 14.8 Å². The molecule has 2 heterocycles. The van der Waals surface area contributed by atoms with Crippen molar-refractivity contribution in [2.45, 2.75) is 12.4 Å². The fourth-order valence-electron chi connectivity index (χ4n) is 3.63. The van der Waals surface area contributed by atoms with Gasteiger partial charge in [-0.25, -0.2) is 0 Å². The van der Waals surface area contributed by atoms with E-state index >= 15 is 0 Å². The molecule has 0 atom stereocenters. The van der Waals surface area contributed by atoms with Crippen LogP contribution in [-0.2, 0) is 12.4 Å². The summed E-state index contributed by atoms with van der Waals surface area (Å²) in [5.41, 5.74) is -3.48. The van der Waals surface area contributed by atoms with E-state index in [0.29, 0.717) is 0 Å². The number of alkyl halides is 6. The first kappa shape index (κ1) is 23.2. The van der Waals surface area contributed by atoms with Gasteiger partial charge < -0.3 is 0 Å². The molecule has 0 saturated carbocycles. The summed E-state index contributed by atoms with van der Waals surface area (Å²) in [4.78, 5) is 21.5. The molecule has 0 radical (unpaired) electrons. The second-order valence-corrected chi connectivity index (χ2v) is 7.21. The smallest absolute Gasteiger partial charge is 0.288 e. The zero-order chi connectivity index (χ0) is 24.5. The zero-order valence-corrected chi connectivity index (χ0v) is 17.2. The van der Waals surface area contributed by atoms with Gasteiger partial charge in [-0.15, -0.1) is 0 Å². The molecule has 9 heteroatoms. The molecule has 0 bridgehead atoms. The zero-order valence-electron chi connectivity index (χ0n) is 17.2. The molecular formula is C25H14F6N2O. The van der Waals surface area contributed by atoms with E-state index in [0.717, 1.165) is 12.1 Å². The summed E-state index contributed by atoms with van der Waals surface area (Å²) < 4.78 is 81.6. The first-order chi connectivity index (χ1) is 16.1. The number of nitrogens with zero attached hydrogens (tertiary/aromatic N) is 2. The van der Waals surface area contributed by atoms with Gasteiger partial charge in [0, 0.05) is 34.6 Å². The van der Waals surface area contributed by atoms with Crippen molar-refractivity contribution in [2.75, 3.05) is 0 Å². The van der Waals surface area contributed by atoms with Gasteiger partial charge in [-0.05, 0) is 36.4 Å². The van der Waals surface area contributed by atoms with Crippen LogP contribution in [0, 0.1) is 0 Å². The Morgan fingerprint density at radius 3 is 1.32 bits per heavy atom. The summed E-state index contributed by atoms with van der Waals surface area (Å²) in [6.07, 6.45) is -6.94. The quantitative estimate of drug-likeness (QED) is 0.236. The van der Waals surface area contributed by atoms with E-state index in [2.05, 4.69) is 9.97 Å². The van der Waals surface area contributed by atoms with E-state index in [1.54, 1.807) is 0 Å². The Kier molecular flexibility index (Phi) is 5.95. The molecule has 0 saturated heterocycles. The molecule has 0 unspecified atom stereocenters. The van der Waals surface area contributed by atoms with Crippen LogP contribution in [0.1, 0.15) is 27.0 Å². The molecule has 2 aromatic heterocycles. The van der Waals surface area contributed by atoms with Gasteiger partial charge in [-0.1, -0.05) is 36.4 Å². The third-order valence-corrected chi connectivity index (χ3v) is 5.08. The Labute approximate surface area is 189 Å². The summed E-state index contributed by atoms with van der Waals surface area (Å²) in [6, 6.07) is 14.6. The Hall–Kier alpha value is -4.01. The standard InChI is InChI=1S/C25H14F6N2O/c26-24(27,28)19-11-3-1-7-15(19)21-17(9-5-13-32-21)23(34)18-10-6-14-33-22(18)16-8-2-4-12-20(16)25(29,30)31/h1-14H. The van der Waals surface area contributed by atoms with Crippen molar-refractivity contribution in [3.05, 3.63) is 107 Å². The Bertz CT molecular complexity index is 1260. The lowest BCUT2D eigenvalue weighted by atomic mass is 9.92. The predicted molar refractivity (Wildman–Crippen MR) is 113 cm³/mol. The summed E-state index contributed by atoms with van der Waals surface area (Å²) in [5.74, 6) is -0.805. The van der Waals surface area contributed by atoms with Crippen LogP contribution < -0.4 is 0 Å². The van der Waals surface area contributed by atoms with Crippen LogP contribution in [0.25, 0.3) is 22.5 Å². The van der Waals surface area contributed by atoms with Gasteiger partial charge in [0.1, 0.15) is 0 Å². The van der Waals surface area contributed by atoms with Gasteiger partial charge in [0.25, 0.3) is 0 Å². The van der Waals surface area contributed by atoms with Gasteiger partial charge >= 0.3 is 12.4 Å². The number of carbonyl (C=O) groups excluding carboxylic acids is 1. The number of halogens is 6. The van der Waals surface area contributed by atoms with Crippen LogP contribution in [0.3, 0.4) is 0 Å². The SMILES string of the molecule is O=C(c1cccnc1-c1ccccc1C(F)(F)F)c1cccnc1-c1ccccc1C(F)(F)F. The first-order valence-corrected chi connectivity index (χ1v) is 9.87. The van der Waals surface area contributed by atoms with Crippen LogP contribution in [0.4, 0.5) is 26.3 Å². The number of carbonyl (C=O) groups is 1. The Morgan fingerprint density at radius 2 is 0.941 bits per heavy atom. The van der Waals surface area contributed by atoms with Crippen LogP contribution in [0.5, 0.6) is 0 Å². The summed E-state index contributed by atoms with van der Waals surface area (Å²) in [6.45, 7) is 0. The third kappa shape index (κ3) is 4.41. The van der Waals surface area contributed by atoms with Crippen molar-refractivity contribution in [2.24, 2.45) is 0 Å². The number of ketones is 1. The molecular weight excluding hydrogens is 458 g/mol. The molecule has 0 N–H and O–H groups in total. The predicted octanol–water partition coefficient (Wildman–Crippen LogP) is 7.08. The highest BCUT2D eigenvalue weighted by Gasteiger charge is 2.36. The minimum absolute atomic E-state index is 0.196. The normalized spacial score (nSPS) is 11.9. The summed E-state index contributed by atoms with van der Waals surface area (Å²) in [7, 11) is 0. The fraction of sp³-hybridized carbons (Fsp3) is 0.0800. The second kappa shape index (κ2) is 8.74. The van der Waals surface area contributed by atoms with Gasteiger partial charge in [0.15, 0.2) is 5.78 Å². The van der Waals surface area contributed by atoms with E-state index < -0.39 is 29.3 Å². The molecule has 0 aliphatic rings. The maximum Gasteiger partial charge on any atom is 0.417 e. The van der Waals surface area contributed by atoms with E-state index in [4.69, 9.17) is 0 Å². The molecule has 0 fully saturated rings. The maximum atomic E-state index is 13.6. The highest BCUT2D eigenvalue weighted by atomic mass is 19.4. The minimum Gasteiger partial charge on any atom is -0.288 e.